The number of likely N-dealkylation sites (tertiary alicyclic amines) is 1. The van der Waals surface area contributed by atoms with Crippen LogP contribution < -0.4 is 5.32 Å². The van der Waals surface area contributed by atoms with E-state index in [0.29, 0.717) is 30.8 Å². The summed E-state index contributed by atoms with van der Waals surface area (Å²) >= 11 is 0.926. The van der Waals surface area contributed by atoms with Crippen molar-refractivity contribution >= 4 is 40.8 Å². The summed E-state index contributed by atoms with van der Waals surface area (Å²) in [6, 6.07) is 7.73. The molecule has 2 heterocycles. The van der Waals surface area contributed by atoms with Crippen LogP contribution in [0.25, 0.3) is 6.08 Å². The highest BCUT2D eigenvalue weighted by Crippen LogP contribution is 2.33. The fourth-order valence-electron chi connectivity index (χ4n) is 3.89. The number of benzene rings is 1. The van der Waals surface area contributed by atoms with Gasteiger partial charge in [-0.05, 0) is 56.0 Å². The maximum Gasteiger partial charge on any atom is 0.293 e. The molecule has 1 N–H and O–H groups in total. The molecule has 7 nitrogen and oxygen atoms in total. The second-order valence-electron chi connectivity index (χ2n) is 8.41. The highest BCUT2D eigenvalue weighted by molar-refractivity contribution is 8.18. The van der Waals surface area contributed by atoms with Crippen LogP contribution in [0.1, 0.15) is 36.8 Å². The standard InChI is InChI=1S/C23H27N3O4S/c1-15-2-4-16(5-3-15)14-19-22(29)26(23(30)31-19)13-10-24-20(27)17-8-11-25(12-9-17)21(28)18-6-7-18/h2-5,14,17-18H,6-13H2,1H3,(H,24,27). The fourth-order valence-corrected chi connectivity index (χ4v) is 4.76. The fraction of sp³-hybridized carbons (Fsp3) is 0.478. The molecule has 2 saturated heterocycles. The summed E-state index contributed by atoms with van der Waals surface area (Å²) in [6.07, 6.45) is 5.02. The molecule has 0 bridgehead atoms. The summed E-state index contributed by atoms with van der Waals surface area (Å²) < 4.78 is 0. The van der Waals surface area contributed by atoms with Gasteiger partial charge in [-0.25, -0.2) is 0 Å². The van der Waals surface area contributed by atoms with Crippen molar-refractivity contribution in [1.29, 1.82) is 0 Å². The largest absolute Gasteiger partial charge is 0.354 e. The smallest absolute Gasteiger partial charge is 0.293 e. The Morgan fingerprint density at radius 3 is 2.39 bits per heavy atom. The molecule has 31 heavy (non-hydrogen) atoms. The molecular weight excluding hydrogens is 414 g/mol. The van der Waals surface area contributed by atoms with Crippen molar-refractivity contribution in [3.8, 4) is 0 Å². The summed E-state index contributed by atoms with van der Waals surface area (Å²) in [6.45, 7) is 3.63. The van der Waals surface area contributed by atoms with Gasteiger partial charge in [0.15, 0.2) is 0 Å². The number of carbonyl (C=O) groups excluding carboxylic acids is 4. The van der Waals surface area contributed by atoms with Crippen LogP contribution in [-0.4, -0.2) is 58.9 Å². The Balaban J connectivity index is 1.23. The zero-order valence-corrected chi connectivity index (χ0v) is 18.5. The van der Waals surface area contributed by atoms with Gasteiger partial charge in [-0.3, -0.25) is 24.1 Å². The van der Waals surface area contributed by atoms with Gasteiger partial charge in [-0.1, -0.05) is 29.8 Å². The molecule has 0 unspecified atom stereocenters. The van der Waals surface area contributed by atoms with Crippen LogP contribution in [0.3, 0.4) is 0 Å². The monoisotopic (exact) mass is 441 g/mol. The van der Waals surface area contributed by atoms with Gasteiger partial charge in [0.2, 0.25) is 11.8 Å². The number of carbonyl (C=O) groups is 4. The van der Waals surface area contributed by atoms with E-state index in [1.54, 1.807) is 6.08 Å². The summed E-state index contributed by atoms with van der Waals surface area (Å²) in [7, 11) is 0. The minimum absolute atomic E-state index is 0.0688. The second kappa shape index (κ2) is 9.26. The van der Waals surface area contributed by atoms with Crippen molar-refractivity contribution < 1.29 is 19.2 Å². The number of thioether (sulfide) groups is 1. The maximum atomic E-state index is 12.6. The Morgan fingerprint density at radius 1 is 1.06 bits per heavy atom. The Bertz CT molecular complexity index is 915. The number of hydrogen-bond donors (Lipinski definition) is 1. The van der Waals surface area contributed by atoms with E-state index in [0.717, 1.165) is 35.7 Å². The zero-order valence-electron chi connectivity index (χ0n) is 17.6. The predicted octanol–water partition coefficient (Wildman–Crippen LogP) is 2.80. The Hall–Kier alpha value is -2.61. The molecule has 1 saturated carbocycles. The van der Waals surface area contributed by atoms with E-state index in [-0.39, 0.29) is 47.9 Å². The number of rotatable bonds is 6. The number of nitrogens with zero attached hydrogens (tertiary/aromatic N) is 2. The molecule has 0 spiro atoms. The highest BCUT2D eigenvalue weighted by Gasteiger charge is 2.37. The van der Waals surface area contributed by atoms with Gasteiger partial charge in [0.25, 0.3) is 11.1 Å². The molecule has 1 aromatic carbocycles. The van der Waals surface area contributed by atoms with E-state index in [1.165, 1.54) is 4.90 Å². The normalized spacial score (nSPS) is 21.1. The summed E-state index contributed by atoms with van der Waals surface area (Å²) in [5, 5.41) is 2.54. The third-order valence-electron chi connectivity index (χ3n) is 5.99. The Morgan fingerprint density at radius 2 is 1.74 bits per heavy atom. The van der Waals surface area contributed by atoms with Crippen LogP contribution in [0.2, 0.25) is 0 Å². The van der Waals surface area contributed by atoms with Gasteiger partial charge in [-0.15, -0.1) is 0 Å². The number of amides is 4. The van der Waals surface area contributed by atoms with E-state index in [2.05, 4.69) is 5.32 Å². The van der Waals surface area contributed by atoms with Crippen LogP contribution in [-0.2, 0) is 14.4 Å². The molecule has 1 aromatic rings. The third kappa shape index (κ3) is 5.18. The molecule has 4 amide bonds. The summed E-state index contributed by atoms with van der Waals surface area (Å²) in [5.74, 6) is -0.0716. The number of aryl methyl sites for hydroxylation is 1. The third-order valence-corrected chi connectivity index (χ3v) is 6.89. The van der Waals surface area contributed by atoms with Crippen LogP contribution >= 0.6 is 11.8 Å². The molecule has 164 valence electrons. The van der Waals surface area contributed by atoms with Gasteiger partial charge in [-0.2, -0.15) is 0 Å². The van der Waals surface area contributed by atoms with Crippen molar-refractivity contribution in [3.63, 3.8) is 0 Å². The van der Waals surface area contributed by atoms with E-state index in [4.69, 9.17) is 0 Å². The predicted molar refractivity (Wildman–Crippen MR) is 119 cm³/mol. The number of piperidine rings is 1. The molecule has 0 atom stereocenters. The van der Waals surface area contributed by atoms with Crippen molar-refractivity contribution in [1.82, 2.24) is 15.1 Å². The van der Waals surface area contributed by atoms with E-state index >= 15 is 0 Å². The molecule has 8 heteroatoms. The Labute approximate surface area is 186 Å². The average Bonchev–Trinajstić information content (AvgIpc) is 3.58. The first-order valence-corrected chi connectivity index (χ1v) is 11.6. The van der Waals surface area contributed by atoms with Crippen molar-refractivity contribution in [2.75, 3.05) is 26.2 Å². The molecule has 3 aliphatic rings. The van der Waals surface area contributed by atoms with Crippen LogP contribution in [0.5, 0.6) is 0 Å². The number of nitrogens with one attached hydrogen (secondary N) is 1. The lowest BCUT2D eigenvalue weighted by Gasteiger charge is -2.31. The summed E-state index contributed by atoms with van der Waals surface area (Å²) in [5.41, 5.74) is 2.00. The van der Waals surface area contributed by atoms with Gasteiger partial charge in [0.05, 0.1) is 4.91 Å². The van der Waals surface area contributed by atoms with Gasteiger partial charge < -0.3 is 10.2 Å². The Kier molecular flexibility index (Phi) is 6.46. The van der Waals surface area contributed by atoms with Crippen LogP contribution in [0, 0.1) is 18.8 Å². The first-order valence-electron chi connectivity index (χ1n) is 10.8. The molecule has 0 radical (unpaired) electrons. The summed E-state index contributed by atoms with van der Waals surface area (Å²) in [4.78, 5) is 52.9. The van der Waals surface area contributed by atoms with Crippen LogP contribution in [0.15, 0.2) is 29.2 Å². The lowest BCUT2D eigenvalue weighted by atomic mass is 9.95. The maximum absolute atomic E-state index is 12.6. The van der Waals surface area contributed by atoms with Crippen molar-refractivity contribution in [3.05, 3.63) is 40.3 Å². The minimum Gasteiger partial charge on any atom is -0.354 e. The molecule has 2 aliphatic heterocycles. The first kappa shape index (κ1) is 21.6. The van der Waals surface area contributed by atoms with Gasteiger partial charge in [0.1, 0.15) is 0 Å². The van der Waals surface area contributed by atoms with Gasteiger partial charge in [0, 0.05) is 38.0 Å². The highest BCUT2D eigenvalue weighted by atomic mass is 32.2. The topological polar surface area (TPSA) is 86.8 Å². The van der Waals surface area contributed by atoms with E-state index in [1.807, 2.05) is 36.1 Å². The molecular formula is C23H27N3O4S. The van der Waals surface area contributed by atoms with Crippen molar-refractivity contribution in [2.45, 2.75) is 32.6 Å². The lowest BCUT2D eigenvalue weighted by molar-refractivity contribution is -0.136. The van der Waals surface area contributed by atoms with Gasteiger partial charge >= 0.3 is 0 Å². The quantitative estimate of drug-likeness (QED) is 0.686. The number of imide groups is 1. The second-order valence-corrected chi connectivity index (χ2v) is 9.40. The minimum atomic E-state index is -0.322. The molecule has 0 aromatic heterocycles. The molecule has 4 rings (SSSR count). The zero-order chi connectivity index (χ0) is 22.0. The lowest BCUT2D eigenvalue weighted by Crippen LogP contribution is -2.45. The van der Waals surface area contributed by atoms with Crippen LogP contribution in [0.4, 0.5) is 4.79 Å². The van der Waals surface area contributed by atoms with E-state index in [9.17, 15) is 19.2 Å². The van der Waals surface area contributed by atoms with E-state index < -0.39 is 0 Å². The molecule has 3 fully saturated rings. The molecule has 1 aliphatic carbocycles. The average molecular weight is 442 g/mol. The first-order chi connectivity index (χ1) is 14.9. The number of hydrogen-bond acceptors (Lipinski definition) is 5. The van der Waals surface area contributed by atoms with Crippen molar-refractivity contribution in [2.24, 2.45) is 11.8 Å². The SMILES string of the molecule is Cc1ccc(C=C2SC(=O)N(CCNC(=O)C3CCN(C(=O)C4CC4)CC3)C2=O)cc1.